The Morgan fingerprint density at radius 2 is 1.94 bits per heavy atom. The van der Waals surface area contributed by atoms with E-state index in [9.17, 15) is 14.9 Å². The molecule has 7 heteroatoms. The van der Waals surface area contributed by atoms with E-state index in [-0.39, 0.29) is 23.7 Å². The molecule has 2 rings (SSSR count). The van der Waals surface area contributed by atoms with Crippen molar-refractivity contribution in [1.29, 1.82) is 5.26 Å². The number of nitrogens with zero attached hydrogens (tertiary/aromatic N) is 1. The molecule has 0 aliphatic rings. The summed E-state index contributed by atoms with van der Waals surface area (Å²) in [6, 6.07) is 14.0. The molecule has 0 unspecified atom stereocenters. The summed E-state index contributed by atoms with van der Waals surface area (Å²) in [5, 5.41) is 11.9. The van der Waals surface area contributed by atoms with Gasteiger partial charge in [-0.15, -0.1) is 6.58 Å². The lowest BCUT2D eigenvalue weighted by Gasteiger charge is -2.12. The second-order valence-electron chi connectivity index (χ2n) is 6.70. The number of esters is 1. The van der Waals surface area contributed by atoms with Crippen LogP contribution in [0.4, 0.5) is 0 Å². The molecule has 2 aromatic rings. The molecule has 0 saturated carbocycles. The van der Waals surface area contributed by atoms with Crippen LogP contribution in [0.3, 0.4) is 0 Å². The molecule has 0 saturated heterocycles. The summed E-state index contributed by atoms with van der Waals surface area (Å²) in [5.41, 5.74) is 1.44. The number of ether oxygens (including phenoxy) is 3. The summed E-state index contributed by atoms with van der Waals surface area (Å²) in [7, 11) is 1.43. The minimum Gasteiger partial charge on any atom is -0.493 e. The smallest absolute Gasteiger partial charge is 0.349 e. The molecule has 1 N–H and O–H groups in total. The van der Waals surface area contributed by atoms with Gasteiger partial charge in [0.2, 0.25) is 0 Å². The molecule has 0 bridgehead atoms. The van der Waals surface area contributed by atoms with E-state index in [1.165, 1.54) is 19.3 Å². The maximum absolute atomic E-state index is 12.3. The lowest BCUT2D eigenvalue weighted by atomic mass is 10.1. The average molecular weight is 434 g/mol. The molecule has 32 heavy (non-hydrogen) atoms. The van der Waals surface area contributed by atoms with Gasteiger partial charge < -0.3 is 19.5 Å². The first-order valence-corrected chi connectivity index (χ1v) is 10.1. The van der Waals surface area contributed by atoms with Crippen molar-refractivity contribution < 1.29 is 23.8 Å². The van der Waals surface area contributed by atoms with E-state index in [0.717, 1.165) is 12.0 Å². The predicted octanol–water partition coefficient (Wildman–Crippen LogP) is 3.84. The quantitative estimate of drug-likeness (QED) is 0.190. The Bertz CT molecular complexity index is 1040. The normalized spacial score (nSPS) is 10.6. The Balaban J connectivity index is 2.09. The SMILES string of the molecule is C=CCc1ccccc1OCC(=O)Oc1ccc(/C=C(\C#N)C(=O)NCCC)cc1OC. The number of hydrogen-bond acceptors (Lipinski definition) is 6. The monoisotopic (exact) mass is 434 g/mol. The molecule has 0 heterocycles. The number of hydrogen-bond donors (Lipinski definition) is 1. The molecule has 0 aliphatic carbocycles. The topological polar surface area (TPSA) is 97.7 Å². The van der Waals surface area contributed by atoms with E-state index in [2.05, 4.69) is 11.9 Å². The second-order valence-corrected chi connectivity index (χ2v) is 6.70. The number of carbonyl (C=O) groups excluding carboxylic acids is 2. The molecule has 0 atom stereocenters. The predicted molar refractivity (Wildman–Crippen MR) is 121 cm³/mol. The number of allylic oxidation sites excluding steroid dienone is 1. The van der Waals surface area contributed by atoms with Crippen LogP contribution in [-0.2, 0) is 16.0 Å². The van der Waals surface area contributed by atoms with Crippen LogP contribution in [0.15, 0.2) is 60.7 Å². The fourth-order valence-electron chi connectivity index (χ4n) is 2.76. The zero-order valence-electron chi connectivity index (χ0n) is 18.2. The maximum atomic E-state index is 12.3. The third kappa shape index (κ3) is 7.03. The van der Waals surface area contributed by atoms with Gasteiger partial charge in [0.25, 0.3) is 5.91 Å². The average Bonchev–Trinajstić information content (AvgIpc) is 2.81. The van der Waals surface area contributed by atoms with Gasteiger partial charge in [-0.1, -0.05) is 37.3 Å². The summed E-state index contributed by atoms with van der Waals surface area (Å²) in [4.78, 5) is 24.3. The summed E-state index contributed by atoms with van der Waals surface area (Å²) in [5.74, 6) is 0.0218. The minimum absolute atomic E-state index is 0.0307. The Kier molecular flexibility index (Phi) is 9.54. The van der Waals surface area contributed by atoms with Crippen molar-refractivity contribution in [2.45, 2.75) is 19.8 Å². The lowest BCUT2D eigenvalue weighted by Crippen LogP contribution is -2.25. The van der Waals surface area contributed by atoms with Gasteiger partial charge in [0.15, 0.2) is 18.1 Å². The number of amides is 1. The first-order valence-electron chi connectivity index (χ1n) is 10.1. The summed E-state index contributed by atoms with van der Waals surface area (Å²) in [6.45, 7) is 5.84. The number of para-hydroxylation sites is 1. The summed E-state index contributed by atoms with van der Waals surface area (Å²) >= 11 is 0. The highest BCUT2D eigenvalue weighted by molar-refractivity contribution is 6.01. The van der Waals surface area contributed by atoms with Crippen LogP contribution in [0, 0.1) is 11.3 Å². The standard InChI is InChI=1S/C25H26N2O5/c1-4-8-19-9-6-7-10-21(19)31-17-24(28)32-22-12-11-18(15-23(22)30-3)14-20(16-26)25(29)27-13-5-2/h4,6-7,9-12,14-15H,1,5,8,13,17H2,2-3H3,(H,27,29)/b20-14+. The van der Waals surface area contributed by atoms with E-state index in [1.807, 2.05) is 31.2 Å². The number of rotatable bonds is 11. The fraction of sp³-hybridized carbons (Fsp3) is 0.240. The maximum Gasteiger partial charge on any atom is 0.349 e. The number of benzene rings is 2. The molecule has 2 aromatic carbocycles. The number of methoxy groups -OCH3 is 1. The number of nitrogens with one attached hydrogen (secondary N) is 1. The molecular weight excluding hydrogens is 408 g/mol. The zero-order valence-corrected chi connectivity index (χ0v) is 18.2. The Morgan fingerprint density at radius 3 is 2.62 bits per heavy atom. The molecule has 0 aliphatic heterocycles. The summed E-state index contributed by atoms with van der Waals surface area (Å²) < 4.78 is 16.3. The number of nitriles is 1. The molecular formula is C25H26N2O5. The zero-order chi connectivity index (χ0) is 23.3. The number of carbonyl (C=O) groups is 2. The second kappa shape index (κ2) is 12.6. The third-order valence-electron chi connectivity index (χ3n) is 4.31. The molecule has 166 valence electrons. The van der Waals surface area contributed by atoms with Crippen LogP contribution < -0.4 is 19.5 Å². The van der Waals surface area contributed by atoms with Crippen molar-refractivity contribution in [1.82, 2.24) is 5.32 Å². The van der Waals surface area contributed by atoms with Crippen LogP contribution in [0.1, 0.15) is 24.5 Å². The van der Waals surface area contributed by atoms with E-state index in [4.69, 9.17) is 14.2 Å². The van der Waals surface area contributed by atoms with Gasteiger partial charge in [-0.3, -0.25) is 4.79 Å². The lowest BCUT2D eigenvalue weighted by molar-refractivity contribution is -0.136. The molecule has 0 spiro atoms. The van der Waals surface area contributed by atoms with Crippen molar-refractivity contribution in [2.75, 3.05) is 20.3 Å². The van der Waals surface area contributed by atoms with Gasteiger partial charge in [-0.2, -0.15) is 5.26 Å². The van der Waals surface area contributed by atoms with Crippen LogP contribution in [0.25, 0.3) is 6.08 Å². The van der Waals surface area contributed by atoms with Crippen molar-refractivity contribution in [2.24, 2.45) is 0 Å². The molecule has 0 fully saturated rings. The van der Waals surface area contributed by atoms with Crippen LogP contribution >= 0.6 is 0 Å². The Labute approximate surface area is 187 Å². The van der Waals surface area contributed by atoms with Crippen molar-refractivity contribution in [3.63, 3.8) is 0 Å². The van der Waals surface area contributed by atoms with E-state index >= 15 is 0 Å². The van der Waals surface area contributed by atoms with Crippen LogP contribution in [0.5, 0.6) is 17.2 Å². The molecule has 0 radical (unpaired) electrons. The first kappa shape index (κ1) is 24.2. The van der Waals surface area contributed by atoms with Gasteiger partial charge >= 0.3 is 5.97 Å². The third-order valence-corrected chi connectivity index (χ3v) is 4.31. The fourth-order valence-corrected chi connectivity index (χ4v) is 2.76. The first-order chi connectivity index (χ1) is 15.5. The van der Waals surface area contributed by atoms with Crippen molar-refractivity contribution in [3.8, 4) is 23.3 Å². The van der Waals surface area contributed by atoms with E-state index < -0.39 is 11.9 Å². The van der Waals surface area contributed by atoms with E-state index in [1.54, 1.807) is 24.3 Å². The highest BCUT2D eigenvalue weighted by Crippen LogP contribution is 2.29. The van der Waals surface area contributed by atoms with Crippen molar-refractivity contribution >= 4 is 18.0 Å². The molecule has 1 amide bonds. The van der Waals surface area contributed by atoms with Gasteiger partial charge in [0.05, 0.1) is 7.11 Å². The van der Waals surface area contributed by atoms with Crippen molar-refractivity contribution in [3.05, 3.63) is 71.8 Å². The Morgan fingerprint density at radius 1 is 1.16 bits per heavy atom. The largest absolute Gasteiger partial charge is 0.493 e. The summed E-state index contributed by atoms with van der Waals surface area (Å²) in [6.07, 6.45) is 4.59. The van der Waals surface area contributed by atoms with Gasteiger partial charge in [0, 0.05) is 6.54 Å². The highest BCUT2D eigenvalue weighted by atomic mass is 16.6. The minimum atomic E-state index is -0.600. The molecule has 0 aromatic heterocycles. The van der Waals surface area contributed by atoms with Crippen LogP contribution in [-0.4, -0.2) is 32.1 Å². The van der Waals surface area contributed by atoms with Gasteiger partial charge in [-0.25, -0.2) is 4.79 Å². The Hall–Kier alpha value is -4.05. The van der Waals surface area contributed by atoms with Gasteiger partial charge in [-0.05, 0) is 48.2 Å². The van der Waals surface area contributed by atoms with Crippen LogP contribution in [0.2, 0.25) is 0 Å². The van der Waals surface area contributed by atoms with E-state index in [0.29, 0.717) is 24.3 Å². The molecule has 7 nitrogen and oxygen atoms in total. The highest BCUT2D eigenvalue weighted by Gasteiger charge is 2.14. The van der Waals surface area contributed by atoms with Gasteiger partial charge in [0.1, 0.15) is 17.4 Å².